The summed E-state index contributed by atoms with van der Waals surface area (Å²) in [7, 11) is 0. The van der Waals surface area contributed by atoms with E-state index < -0.39 is 11.6 Å². The number of carbonyl (C=O) groups is 2. The first-order chi connectivity index (χ1) is 12.2. The molecule has 0 aliphatic carbocycles. The lowest BCUT2D eigenvalue weighted by molar-refractivity contribution is -0.136. The Kier molecular flexibility index (Phi) is 5.06. The van der Waals surface area contributed by atoms with Crippen LogP contribution in [-0.4, -0.2) is 62.1 Å². The van der Waals surface area contributed by atoms with Crippen LogP contribution in [0.5, 0.6) is 0 Å². The van der Waals surface area contributed by atoms with Gasteiger partial charge in [-0.1, -0.05) is 0 Å². The van der Waals surface area contributed by atoms with Gasteiger partial charge in [-0.05, 0) is 46.0 Å². The molecule has 0 bridgehead atoms. The van der Waals surface area contributed by atoms with E-state index in [0.29, 0.717) is 24.9 Å². The van der Waals surface area contributed by atoms with Crippen molar-refractivity contribution in [2.45, 2.75) is 58.1 Å². The third kappa shape index (κ3) is 4.25. The van der Waals surface area contributed by atoms with Gasteiger partial charge in [0, 0.05) is 19.6 Å². The number of piperidine rings is 1. The molecule has 1 fully saturated rings. The summed E-state index contributed by atoms with van der Waals surface area (Å²) in [5.74, 6) is 0.230. The van der Waals surface area contributed by atoms with E-state index in [9.17, 15) is 9.59 Å². The van der Waals surface area contributed by atoms with Gasteiger partial charge >= 0.3 is 12.1 Å². The lowest BCUT2D eigenvalue weighted by Crippen LogP contribution is -2.45. The van der Waals surface area contributed by atoms with Crippen molar-refractivity contribution in [1.82, 2.24) is 19.7 Å². The number of carboxylic acid groups (broad SMARTS) is 1. The van der Waals surface area contributed by atoms with Crippen LogP contribution in [0.1, 0.15) is 51.9 Å². The topological polar surface area (TPSA) is 110 Å². The van der Waals surface area contributed by atoms with Crippen molar-refractivity contribution in [2.75, 3.05) is 25.0 Å². The Morgan fingerprint density at radius 1 is 1.35 bits per heavy atom. The summed E-state index contributed by atoms with van der Waals surface area (Å²) in [6.07, 6.45) is 2.32. The predicted molar refractivity (Wildman–Crippen MR) is 94.0 cm³/mol. The average Bonchev–Trinajstić information content (AvgIpc) is 2.94. The van der Waals surface area contributed by atoms with Crippen LogP contribution < -0.4 is 5.32 Å². The van der Waals surface area contributed by atoms with Crippen molar-refractivity contribution < 1.29 is 19.4 Å². The molecule has 9 nitrogen and oxygen atoms in total. The van der Waals surface area contributed by atoms with Crippen molar-refractivity contribution in [2.24, 2.45) is 5.92 Å². The van der Waals surface area contributed by atoms with Crippen LogP contribution in [0.25, 0.3) is 0 Å². The predicted octanol–water partition coefficient (Wildman–Crippen LogP) is 1.91. The van der Waals surface area contributed by atoms with Crippen molar-refractivity contribution in [3.05, 3.63) is 5.82 Å². The molecular formula is C17H27N5O4. The number of nitrogens with zero attached hydrogens (tertiary/aromatic N) is 4. The van der Waals surface area contributed by atoms with Crippen LogP contribution in [0.4, 0.5) is 10.7 Å². The van der Waals surface area contributed by atoms with E-state index in [2.05, 4.69) is 15.4 Å². The molecule has 0 spiro atoms. The Labute approximate surface area is 152 Å². The van der Waals surface area contributed by atoms with Gasteiger partial charge in [-0.25, -0.2) is 9.48 Å². The maximum absolute atomic E-state index is 12.4. The number of hydrogen-bond donors (Lipinski definition) is 2. The smallest absolute Gasteiger partial charge is 0.410 e. The molecule has 1 saturated heterocycles. The molecule has 2 N–H and O–H groups in total. The van der Waals surface area contributed by atoms with E-state index in [0.717, 1.165) is 25.8 Å². The highest BCUT2D eigenvalue weighted by Gasteiger charge is 2.35. The zero-order valence-electron chi connectivity index (χ0n) is 15.6. The summed E-state index contributed by atoms with van der Waals surface area (Å²) < 4.78 is 7.32. The number of ether oxygens (including phenoxy) is 1. The molecule has 9 heteroatoms. The molecule has 3 rings (SSSR count). The molecule has 26 heavy (non-hydrogen) atoms. The zero-order valence-corrected chi connectivity index (χ0v) is 15.6. The number of carboxylic acids is 1. The number of aliphatic carboxylic acids is 1. The lowest BCUT2D eigenvalue weighted by atomic mass is 9.88. The van der Waals surface area contributed by atoms with Crippen molar-refractivity contribution in [3.8, 4) is 0 Å². The number of rotatable bonds is 3. The average molecular weight is 365 g/mol. The van der Waals surface area contributed by atoms with Crippen LogP contribution in [0.2, 0.25) is 0 Å². The molecule has 1 amide bonds. The standard InChI is InChI=1S/C17H27N5O4/c1-17(2,3)26-16(25)21-8-4-5-11(10-21)12-6-7-18-15-19-13(9-14(23)24)20-22(12)15/h11-12H,4-10H2,1-3H3,(H,23,24)(H,18,19,20). The SMILES string of the molecule is CC(C)(C)OC(=O)N1CCCC(C2CCNc3nc(CC(=O)O)nn32)C1. The fraction of sp³-hybridized carbons (Fsp3) is 0.765. The van der Waals surface area contributed by atoms with Gasteiger partial charge in [0.05, 0.1) is 6.04 Å². The number of amides is 1. The monoisotopic (exact) mass is 365 g/mol. The summed E-state index contributed by atoms with van der Waals surface area (Å²) >= 11 is 0. The summed E-state index contributed by atoms with van der Waals surface area (Å²) in [6, 6.07) is 0.103. The number of carbonyl (C=O) groups excluding carboxylic acids is 1. The molecule has 3 heterocycles. The second kappa shape index (κ2) is 7.13. The Hall–Kier alpha value is -2.32. The van der Waals surface area contributed by atoms with Gasteiger partial charge in [0.2, 0.25) is 5.95 Å². The quantitative estimate of drug-likeness (QED) is 0.842. The van der Waals surface area contributed by atoms with Gasteiger partial charge in [0.15, 0.2) is 5.82 Å². The molecule has 2 aliphatic heterocycles. The van der Waals surface area contributed by atoms with E-state index in [1.54, 1.807) is 4.90 Å². The van der Waals surface area contributed by atoms with Gasteiger partial charge < -0.3 is 20.1 Å². The first-order valence-electron chi connectivity index (χ1n) is 9.12. The maximum atomic E-state index is 12.4. The number of nitrogens with one attached hydrogen (secondary N) is 1. The van der Waals surface area contributed by atoms with Gasteiger partial charge in [-0.2, -0.15) is 10.1 Å². The summed E-state index contributed by atoms with van der Waals surface area (Å²) in [4.78, 5) is 29.4. The largest absolute Gasteiger partial charge is 0.481 e. The molecular weight excluding hydrogens is 338 g/mol. The normalized spacial score (nSPS) is 23.1. The highest BCUT2D eigenvalue weighted by Crippen LogP contribution is 2.34. The summed E-state index contributed by atoms with van der Waals surface area (Å²) in [6.45, 7) is 7.68. The Bertz CT molecular complexity index is 681. The lowest BCUT2D eigenvalue weighted by Gasteiger charge is -2.39. The van der Waals surface area contributed by atoms with E-state index in [-0.39, 0.29) is 24.5 Å². The van der Waals surface area contributed by atoms with Crippen LogP contribution in [0.3, 0.4) is 0 Å². The van der Waals surface area contributed by atoms with Gasteiger partial charge in [-0.15, -0.1) is 0 Å². The molecule has 2 unspecified atom stereocenters. The van der Waals surface area contributed by atoms with E-state index in [4.69, 9.17) is 9.84 Å². The second-order valence-corrected chi connectivity index (χ2v) is 7.98. The number of anilines is 1. The fourth-order valence-corrected chi connectivity index (χ4v) is 3.64. The molecule has 1 aromatic heterocycles. The first-order valence-corrected chi connectivity index (χ1v) is 9.12. The zero-order chi connectivity index (χ0) is 18.9. The van der Waals surface area contributed by atoms with Gasteiger partial charge in [0.25, 0.3) is 0 Å². The Morgan fingerprint density at radius 3 is 2.81 bits per heavy atom. The van der Waals surface area contributed by atoms with Crippen LogP contribution in [0, 0.1) is 5.92 Å². The minimum absolute atomic E-state index is 0.103. The minimum atomic E-state index is -0.946. The Balaban J connectivity index is 1.72. The third-order valence-electron chi connectivity index (χ3n) is 4.68. The third-order valence-corrected chi connectivity index (χ3v) is 4.68. The van der Waals surface area contributed by atoms with Crippen molar-refractivity contribution in [1.29, 1.82) is 0 Å². The summed E-state index contributed by atoms with van der Waals surface area (Å²) in [5, 5.41) is 16.5. The maximum Gasteiger partial charge on any atom is 0.410 e. The number of likely N-dealkylation sites (tertiary alicyclic amines) is 1. The Morgan fingerprint density at radius 2 is 2.12 bits per heavy atom. The molecule has 0 saturated carbocycles. The molecule has 2 atom stereocenters. The van der Waals surface area contributed by atoms with Crippen LogP contribution in [-0.2, 0) is 16.0 Å². The first kappa shape index (κ1) is 18.5. The minimum Gasteiger partial charge on any atom is -0.481 e. The molecule has 0 radical (unpaired) electrons. The summed E-state index contributed by atoms with van der Waals surface area (Å²) in [5.41, 5.74) is -0.510. The van der Waals surface area contributed by atoms with Gasteiger partial charge in [0.1, 0.15) is 12.0 Å². The number of aromatic nitrogens is 3. The van der Waals surface area contributed by atoms with Crippen molar-refractivity contribution >= 4 is 18.0 Å². The molecule has 0 aromatic carbocycles. The number of fused-ring (bicyclic) bond motifs is 1. The highest BCUT2D eigenvalue weighted by molar-refractivity contribution is 5.69. The van der Waals surface area contributed by atoms with E-state index in [1.807, 2.05) is 25.5 Å². The van der Waals surface area contributed by atoms with Crippen LogP contribution >= 0.6 is 0 Å². The van der Waals surface area contributed by atoms with Crippen molar-refractivity contribution in [3.63, 3.8) is 0 Å². The van der Waals surface area contributed by atoms with Gasteiger partial charge in [-0.3, -0.25) is 4.79 Å². The molecule has 2 aliphatic rings. The second-order valence-electron chi connectivity index (χ2n) is 7.98. The van der Waals surface area contributed by atoms with Crippen LogP contribution in [0.15, 0.2) is 0 Å². The fourth-order valence-electron chi connectivity index (χ4n) is 3.64. The highest BCUT2D eigenvalue weighted by atomic mass is 16.6. The van der Waals surface area contributed by atoms with E-state index >= 15 is 0 Å². The van der Waals surface area contributed by atoms with E-state index in [1.165, 1.54) is 0 Å². The number of hydrogen-bond acceptors (Lipinski definition) is 6. The molecule has 1 aromatic rings. The molecule has 144 valence electrons.